The fraction of sp³-hybridized carbons (Fsp3) is 0.955. The maximum Gasteiger partial charge on any atom is 0.313 e. The van der Waals surface area contributed by atoms with E-state index in [9.17, 15) is 9.90 Å². The minimum Gasteiger partial charge on any atom is -0.461 e. The zero-order chi connectivity index (χ0) is 18.3. The maximum absolute atomic E-state index is 11.6. The van der Waals surface area contributed by atoms with Gasteiger partial charge in [0.1, 0.15) is 6.10 Å². The second-order valence-corrected chi connectivity index (χ2v) is 7.94. The van der Waals surface area contributed by atoms with Gasteiger partial charge in [0.2, 0.25) is 0 Å². The number of unbranched alkanes of at least 4 members (excludes halogenated alkanes) is 11. The lowest BCUT2D eigenvalue weighted by molar-refractivity contribution is -0.188. The van der Waals surface area contributed by atoms with Crippen LogP contribution >= 0.6 is 0 Å². The first-order valence-corrected chi connectivity index (χ1v) is 11.1. The van der Waals surface area contributed by atoms with Crippen LogP contribution in [-0.2, 0) is 9.53 Å². The molecular formula is C22H42O3. The standard InChI is InChI=1S/C22H42O3/c1-3-5-7-9-10-11-12-13-14-16-19(23)18-21-20(22(24)25-21)17-15-8-6-4-2/h19-21,23H,3-18H2,1-2H3/t19-,20?,21?/m0/s1. The first kappa shape index (κ1) is 22.5. The van der Waals surface area contributed by atoms with Gasteiger partial charge < -0.3 is 9.84 Å². The third kappa shape index (κ3) is 10.2. The third-order valence-corrected chi connectivity index (χ3v) is 5.53. The summed E-state index contributed by atoms with van der Waals surface area (Å²) in [6, 6.07) is 0. The normalized spacial score (nSPS) is 21.0. The quantitative estimate of drug-likeness (QED) is 0.251. The molecule has 1 aliphatic heterocycles. The Kier molecular flexibility index (Phi) is 13.1. The number of ether oxygens (including phenoxy) is 1. The first-order chi connectivity index (χ1) is 12.2. The molecule has 1 rings (SSSR count). The van der Waals surface area contributed by atoms with Crippen molar-refractivity contribution in [3.8, 4) is 0 Å². The predicted molar refractivity (Wildman–Crippen MR) is 105 cm³/mol. The van der Waals surface area contributed by atoms with Crippen molar-refractivity contribution >= 4 is 5.97 Å². The number of carbonyl (C=O) groups excluding carboxylic acids is 1. The molecule has 0 aliphatic carbocycles. The zero-order valence-corrected chi connectivity index (χ0v) is 16.8. The van der Waals surface area contributed by atoms with E-state index < -0.39 is 0 Å². The van der Waals surface area contributed by atoms with Crippen molar-refractivity contribution in [2.45, 2.75) is 129 Å². The van der Waals surface area contributed by atoms with Gasteiger partial charge in [0.05, 0.1) is 12.0 Å². The Balaban J connectivity index is 1.98. The average Bonchev–Trinajstić information content (AvgIpc) is 2.59. The van der Waals surface area contributed by atoms with Crippen molar-refractivity contribution in [1.82, 2.24) is 0 Å². The number of hydrogen-bond acceptors (Lipinski definition) is 3. The number of rotatable bonds is 17. The summed E-state index contributed by atoms with van der Waals surface area (Å²) >= 11 is 0. The van der Waals surface area contributed by atoms with Crippen molar-refractivity contribution in [2.75, 3.05) is 0 Å². The predicted octanol–water partition coefficient (Wildman–Crippen LogP) is 6.17. The lowest BCUT2D eigenvalue weighted by Gasteiger charge is -2.36. The molecule has 0 bridgehead atoms. The molecule has 1 saturated heterocycles. The minimum atomic E-state index is -0.305. The Morgan fingerprint density at radius 2 is 1.36 bits per heavy atom. The van der Waals surface area contributed by atoms with Crippen molar-refractivity contribution in [3.63, 3.8) is 0 Å². The van der Waals surface area contributed by atoms with Gasteiger partial charge in [-0.05, 0) is 12.8 Å². The van der Waals surface area contributed by atoms with Crippen LogP contribution in [-0.4, -0.2) is 23.3 Å². The lowest BCUT2D eigenvalue weighted by atomic mass is 9.86. The molecular weight excluding hydrogens is 312 g/mol. The minimum absolute atomic E-state index is 0.0253. The van der Waals surface area contributed by atoms with E-state index in [1.54, 1.807) is 0 Å². The van der Waals surface area contributed by atoms with Gasteiger partial charge in [-0.2, -0.15) is 0 Å². The second kappa shape index (κ2) is 14.6. The highest BCUT2D eigenvalue weighted by Gasteiger charge is 2.42. The Morgan fingerprint density at radius 3 is 1.92 bits per heavy atom. The zero-order valence-electron chi connectivity index (χ0n) is 16.8. The van der Waals surface area contributed by atoms with E-state index in [4.69, 9.17) is 4.74 Å². The summed E-state index contributed by atoms with van der Waals surface area (Å²) < 4.78 is 5.27. The van der Waals surface area contributed by atoms with Crippen LogP contribution in [0.25, 0.3) is 0 Å². The van der Waals surface area contributed by atoms with E-state index in [1.807, 2.05) is 0 Å². The molecule has 0 aromatic rings. The van der Waals surface area contributed by atoms with Crippen LogP contribution in [0.4, 0.5) is 0 Å². The second-order valence-electron chi connectivity index (χ2n) is 7.94. The molecule has 0 aromatic heterocycles. The van der Waals surface area contributed by atoms with E-state index in [1.165, 1.54) is 70.6 Å². The first-order valence-electron chi connectivity index (χ1n) is 11.1. The number of carbonyl (C=O) groups is 1. The van der Waals surface area contributed by atoms with Crippen molar-refractivity contribution < 1.29 is 14.6 Å². The SMILES string of the molecule is CCCCCCCCCCC[C@H](O)CC1OC(=O)C1CCCCCC. The summed E-state index contributed by atoms with van der Waals surface area (Å²) in [6.07, 6.45) is 18.6. The van der Waals surface area contributed by atoms with E-state index in [-0.39, 0.29) is 24.1 Å². The fourth-order valence-corrected chi connectivity index (χ4v) is 3.78. The number of esters is 1. The van der Waals surface area contributed by atoms with Gasteiger partial charge in [0.15, 0.2) is 0 Å². The Bertz CT molecular complexity index is 329. The Morgan fingerprint density at radius 1 is 0.840 bits per heavy atom. The van der Waals surface area contributed by atoms with Crippen LogP contribution in [0.15, 0.2) is 0 Å². The molecule has 1 fully saturated rings. The van der Waals surface area contributed by atoms with Crippen LogP contribution in [0, 0.1) is 5.92 Å². The summed E-state index contributed by atoms with van der Waals surface area (Å²) in [5.74, 6) is 0.00592. The molecule has 3 heteroatoms. The third-order valence-electron chi connectivity index (χ3n) is 5.53. The van der Waals surface area contributed by atoms with Gasteiger partial charge >= 0.3 is 5.97 Å². The smallest absolute Gasteiger partial charge is 0.313 e. The van der Waals surface area contributed by atoms with E-state index in [0.29, 0.717) is 6.42 Å². The van der Waals surface area contributed by atoms with Crippen LogP contribution < -0.4 is 0 Å². The molecule has 148 valence electrons. The number of aliphatic hydroxyl groups is 1. The Hall–Kier alpha value is -0.570. The van der Waals surface area contributed by atoms with Gasteiger partial charge in [-0.1, -0.05) is 97.3 Å². The van der Waals surface area contributed by atoms with Crippen LogP contribution in [0.1, 0.15) is 117 Å². The highest BCUT2D eigenvalue weighted by atomic mass is 16.6. The molecule has 3 atom stereocenters. The van der Waals surface area contributed by atoms with Gasteiger partial charge in [0, 0.05) is 6.42 Å². The van der Waals surface area contributed by atoms with Gasteiger partial charge in [-0.25, -0.2) is 0 Å². The highest BCUT2D eigenvalue weighted by Crippen LogP contribution is 2.31. The van der Waals surface area contributed by atoms with Crippen LogP contribution in [0.3, 0.4) is 0 Å². The van der Waals surface area contributed by atoms with Crippen LogP contribution in [0.2, 0.25) is 0 Å². The number of hydrogen-bond donors (Lipinski definition) is 1. The molecule has 3 nitrogen and oxygen atoms in total. The van der Waals surface area contributed by atoms with Crippen molar-refractivity contribution in [1.29, 1.82) is 0 Å². The Labute approximate surface area is 155 Å². The molecule has 0 radical (unpaired) electrons. The van der Waals surface area contributed by atoms with Gasteiger partial charge in [-0.3, -0.25) is 4.79 Å². The van der Waals surface area contributed by atoms with E-state index in [0.717, 1.165) is 25.7 Å². The largest absolute Gasteiger partial charge is 0.461 e. The monoisotopic (exact) mass is 354 g/mol. The number of aliphatic hydroxyl groups excluding tert-OH is 1. The molecule has 0 spiro atoms. The summed E-state index contributed by atoms with van der Waals surface area (Å²) in [7, 11) is 0. The summed E-state index contributed by atoms with van der Waals surface area (Å²) in [5.41, 5.74) is 0. The van der Waals surface area contributed by atoms with Gasteiger partial charge in [-0.15, -0.1) is 0 Å². The van der Waals surface area contributed by atoms with Crippen molar-refractivity contribution in [2.24, 2.45) is 5.92 Å². The average molecular weight is 355 g/mol. The summed E-state index contributed by atoms with van der Waals surface area (Å²) in [5, 5.41) is 10.2. The lowest BCUT2D eigenvalue weighted by Crippen LogP contribution is -2.46. The van der Waals surface area contributed by atoms with E-state index in [2.05, 4.69) is 13.8 Å². The highest BCUT2D eigenvalue weighted by molar-refractivity contribution is 5.78. The molecule has 1 aliphatic rings. The molecule has 0 saturated carbocycles. The molecule has 1 N–H and O–H groups in total. The number of cyclic esters (lactones) is 1. The molecule has 2 unspecified atom stereocenters. The molecule has 0 aromatic carbocycles. The topological polar surface area (TPSA) is 46.5 Å². The van der Waals surface area contributed by atoms with Gasteiger partial charge in [0.25, 0.3) is 0 Å². The molecule has 25 heavy (non-hydrogen) atoms. The van der Waals surface area contributed by atoms with Crippen LogP contribution in [0.5, 0.6) is 0 Å². The maximum atomic E-state index is 11.6. The van der Waals surface area contributed by atoms with Crippen molar-refractivity contribution in [3.05, 3.63) is 0 Å². The molecule has 1 heterocycles. The summed E-state index contributed by atoms with van der Waals surface area (Å²) in [6.45, 7) is 4.45. The summed E-state index contributed by atoms with van der Waals surface area (Å²) in [4.78, 5) is 11.6. The fourth-order valence-electron chi connectivity index (χ4n) is 3.78. The molecule has 0 amide bonds. The van der Waals surface area contributed by atoms with E-state index >= 15 is 0 Å².